The molecule has 3 N–H and O–H groups in total. The maximum atomic E-state index is 10.9. The van der Waals surface area contributed by atoms with E-state index in [2.05, 4.69) is 10.1 Å². The normalized spacial score (nSPS) is 10.7. The third kappa shape index (κ3) is 3.34. The van der Waals surface area contributed by atoms with Gasteiger partial charge in [0.1, 0.15) is 5.75 Å². The Bertz CT molecular complexity index is 937. The second-order valence-corrected chi connectivity index (χ2v) is 5.26. The Labute approximate surface area is 140 Å². The fraction of sp³-hybridized carbons (Fsp3) is 0.125. The van der Waals surface area contributed by atoms with E-state index in [4.69, 9.17) is 4.52 Å². The van der Waals surface area contributed by atoms with E-state index in [0.717, 1.165) is 17.7 Å². The summed E-state index contributed by atoms with van der Waals surface area (Å²) in [5.74, 6) is -0.990. The van der Waals surface area contributed by atoms with E-state index >= 15 is 0 Å². The van der Waals surface area contributed by atoms with E-state index in [9.17, 15) is 25.4 Å². The van der Waals surface area contributed by atoms with Gasteiger partial charge < -0.3 is 19.8 Å². The van der Waals surface area contributed by atoms with Gasteiger partial charge in [0, 0.05) is 12.5 Å². The smallest absolute Gasteiger partial charge is 0.315 e. The Kier molecular flexibility index (Phi) is 4.21. The van der Waals surface area contributed by atoms with Crippen molar-refractivity contribution >= 4 is 5.69 Å². The summed E-state index contributed by atoms with van der Waals surface area (Å²) >= 11 is 0. The van der Waals surface area contributed by atoms with Gasteiger partial charge in [-0.2, -0.15) is 4.98 Å². The summed E-state index contributed by atoms with van der Waals surface area (Å²) in [6.07, 6.45) is 0.861. The fourth-order valence-electron chi connectivity index (χ4n) is 2.31. The van der Waals surface area contributed by atoms with Crippen molar-refractivity contribution in [2.24, 2.45) is 0 Å². The van der Waals surface area contributed by atoms with Crippen molar-refractivity contribution < 1.29 is 24.8 Å². The largest absolute Gasteiger partial charge is 0.508 e. The summed E-state index contributed by atoms with van der Waals surface area (Å²) in [5, 5.41) is 43.5. The number of rotatable bonds is 5. The molecule has 1 heterocycles. The minimum absolute atomic E-state index is 0.0225. The molecule has 0 bridgehead atoms. The van der Waals surface area contributed by atoms with Crippen molar-refractivity contribution in [1.29, 1.82) is 0 Å². The van der Waals surface area contributed by atoms with Crippen molar-refractivity contribution in [3.05, 3.63) is 57.9 Å². The maximum Gasteiger partial charge on any atom is 0.315 e. The van der Waals surface area contributed by atoms with Gasteiger partial charge in [-0.15, -0.1) is 0 Å². The highest BCUT2D eigenvalue weighted by atomic mass is 16.6. The number of hydrogen-bond acceptors (Lipinski definition) is 8. The average Bonchev–Trinajstić information content (AvgIpc) is 3.05. The van der Waals surface area contributed by atoms with E-state index in [1.165, 1.54) is 0 Å². The number of aromatic nitrogens is 2. The molecule has 0 atom stereocenters. The zero-order valence-corrected chi connectivity index (χ0v) is 12.8. The number of aryl methyl sites for hydroxylation is 2. The third-order valence-electron chi connectivity index (χ3n) is 3.59. The maximum absolute atomic E-state index is 10.9. The minimum Gasteiger partial charge on any atom is -0.508 e. The van der Waals surface area contributed by atoms with Crippen LogP contribution in [0.4, 0.5) is 5.69 Å². The number of nitro benzene ring substituents is 1. The lowest BCUT2D eigenvalue weighted by atomic mass is 10.1. The number of phenols is 3. The highest BCUT2D eigenvalue weighted by molar-refractivity contribution is 5.67. The summed E-state index contributed by atoms with van der Waals surface area (Å²) in [7, 11) is 0. The topological polar surface area (TPSA) is 143 Å². The van der Waals surface area contributed by atoms with Crippen LogP contribution < -0.4 is 0 Å². The monoisotopic (exact) mass is 343 g/mol. The molecular weight excluding hydrogens is 330 g/mol. The van der Waals surface area contributed by atoms with Gasteiger partial charge in [0.2, 0.25) is 5.75 Å². The summed E-state index contributed by atoms with van der Waals surface area (Å²) < 4.78 is 5.06. The average molecular weight is 343 g/mol. The Balaban J connectivity index is 1.82. The molecule has 2 aromatic carbocycles. The van der Waals surface area contributed by atoms with E-state index < -0.39 is 22.1 Å². The molecule has 0 unspecified atom stereocenters. The van der Waals surface area contributed by atoms with Crippen molar-refractivity contribution in [1.82, 2.24) is 10.1 Å². The molecule has 0 amide bonds. The minimum atomic E-state index is -0.826. The first kappa shape index (κ1) is 16.2. The number of phenolic OH excluding ortho intramolecular Hbond substituents is 3. The lowest BCUT2D eigenvalue weighted by Crippen LogP contribution is -1.94. The van der Waals surface area contributed by atoms with Crippen LogP contribution in [-0.2, 0) is 12.8 Å². The Hall–Kier alpha value is -3.62. The number of benzene rings is 2. The fourth-order valence-corrected chi connectivity index (χ4v) is 2.31. The van der Waals surface area contributed by atoms with Crippen LogP contribution in [0, 0.1) is 10.1 Å². The van der Waals surface area contributed by atoms with E-state index in [-0.39, 0.29) is 17.2 Å². The van der Waals surface area contributed by atoms with Crippen molar-refractivity contribution in [3.8, 4) is 28.7 Å². The molecule has 3 aromatic rings. The molecule has 128 valence electrons. The first-order chi connectivity index (χ1) is 12.0. The van der Waals surface area contributed by atoms with Crippen LogP contribution in [0.15, 0.2) is 40.9 Å². The van der Waals surface area contributed by atoms with Gasteiger partial charge in [0.05, 0.1) is 10.5 Å². The van der Waals surface area contributed by atoms with Gasteiger partial charge in [-0.25, -0.2) is 0 Å². The molecule has 9 heteroatoms. The molecule has 0 radical (unpaired) electrons. The number of aromatic hydroxyl groups is 3. The van der Waals surface area contributed by atoms with E-state index in [1.54, 1.807) is 24.3 Å². The van der Waals surface area contributed by atoms with Gasteiger partial charge >= 0.3 is 5.69 Å². The zero-order valence-electron chi connectivity index (χ0n) is 12.8. The van der Waals surface area contributed by atoms with Gasteiger partial charge in [0.15, 0.2) is 11.6 Å². The predicted octanol–water partition coefficient (Wildman–Crippen LogP) is 2.55. The first-order valence-corrected chi connectivity index (χ1v) is 7.26. The van der Waals surface area contributed by atoms with Crippen LogP contribution >= 0.6 is 0 Å². The van der Waals surface area contributed by atoms with Crippen LogP contribution in [0.2, 0.25) is 0 Å². The summed E-state index contributed by atoms with van der Waals surface area (Å²) in [4.78, 5) is 14.2. The van der Waals surface area contributed by atoms with Crippen molar-refractivity contribution in [2.75, 3.05) is 0 Å². The summed E-state index contributed by atoms with van der Waals surface area (Å²) in [6.45, 7) is 0. The molecule has 0 aliphatic carbocycles. The van der Waals surface area contributed by atoms with Crippen molar-refractivity contribution in [3.63, 3.8) is 0 Å². The number of para-hydroxylation sites is 1. The Morgan fingerprint density at radius 1 is 1.08 bits per heavy atom. The lowest BCUT2D eigenvalue weighted by molar-refractivity contribution is -0.385. The summed E-state index contributed by atoms with van der Waals surface area (Å²) in [5.41, 5.74) is 0.180. The highest BCUT2D eigenvalue weighted by Crippen LogP contribution is 2.38. The molecule has 1 aromatic heterocycles. The standard InChI is InChI=1S/C16H13N3O6/c20-12-4-2-1-3-9(12)5-6-14-17-16(25-18-14)10-7-11(19(23)24)15(22)13(21)8-10/h1-4,7-8,20-22H,5-6H2. The predicted molar refractivity (Wildman–Crippen MR) is 85.2 cm³/mol. The second kappa shape index (κ2) is 6.48. The zero-order chi connectivity index (χ0) is 18.0. The molecule has 0 aliphatic rings. The molecule has 0 spiro atoms. The summed E-state index contributed by atoms with van der Waals surface area (Å²) in [6, 6.07) is 9.01. The van der Waals surface area contributed by atoms with Crippen LogP contribution in [-0.4, -0.2) is 30.4 Å². The molecule has 9 nitrogen and oxygen atoms in total. The highest BCUT2D eigenvalue weighted by Gasteiger charge is 2.22. The van der Waals surface area contributed by atoms with Crippen LogP contribution in [0.5, 0.6) is 17.2 Å². The third-order valence-corrected chi connectivity index (χ3v) is 3.59. The Morgan fingerprint density at radius 3 is 2.56 bits per heavy atom. The molecule has 0 saturated carbocycles. The van der Waals surface area contributed by atoms with Gasteiger partial charge in [0.25, 0.3) is 5.89 Å². The SMILES string of the molecule is O=[N+]([O-])c1cc(-c2nc(CCc3ccccc3O)no2)cc(O)c1O. The number of nitro groups is 1. The molecule has 0 fully saturated rings. The molecule has 25 heavy (non-hydrogen) atoms. The molecule has 0 saturated heterocycles. The van der Waals surface area contributed by atoms with Crippen molar-refractivity contribution in [2.45, 2.75) is 12.8 Å². The van der Waals surface area contributed by atoms with Gasteiger partial charge in [-0.05, 0) is 24.1 Å². The first-order valence-electron chi connectivity index (χ1n) is 7.26. The van der Waals surface area contributed by atoms with Gasteiger partial charge in [-0.3, -0.25) is 10.1 Å². The lowest BCUT2D eigenvalue weighted by Gasteiger charge is -2.01. The Morgan fingerprint density at radius 2 is 1.84 bits per heavy atom. The second-order valence-electron chi connectivity index (χ2n) is 5.26. The molecule has 0 aliphatic heterocycles. The van der Waals surface area contributed by atoms with Gasteiger partial charge in [-0.1, -0.05) is 23.4 Å². The molecular formula is C16H13N3O6. The van der Waals surface area contributed by atoms with Crippen LogP contribution in [0.25, 0.3) is 11.5 Å². The number of hydrogen-bond donors (Lipinski definition) is 3. The van der Waals surface area contributed by atoms with E-state index in [1.807, 2.05) is 0 Å². The quantitative estimate of drug-likeness (QED) is 0.364. The van der Waals surface area contributed by atoms with E-state index in [0.29, 0.717) is 18.7 Å². The van der Waals surface area contributed by atoms with Crippen LogP contribution in [0.1, 0.15) is 11.4 Å². The van der Waals surface area contributed by atoms with Crippen LogP contribution in [0.3, 0.4) is 0 Å². The molecule has 3 rings (SSSR count). The number of nitrogens with zero attached hydrogens (tertiary/aromatic N) is 3.